The van der Waals surface area contributed by atoms with E-state index in [2.05, 4.69) is 6.07 Å². The van der Waals surface area contributed by atoms with Crippen LogP contribution in [-0.2, 0) is 6.42 Å². The Labute approximate surface area is 147 Å². The molecule has 1 aliphatic carbocycles. The van der Waals surface area contributed by atoms with Crippen LogP contribution in [0.15, 0.2) is 48.5 Å². The SMILES string of the molecule is N#Cc1c(CC2CCCC2)nc2ccc(O)cc2c1-c1ccccc1. The molecule has 0 atom stereocenters. The van der Waals surface area contributed by atoms with E-state index in [0.717, 1.165) is 34.1 Å². The molecule has 1 fully saturated rings. The Morgan fingerprint density at radius 1 is 1.08 bits per heavy atom. The molecule has 1 saturated carbocycles. The fraction of sp³-hybridized carbons (Fsp3) is 0.273. The van der Waals surface area contributed by atoms with Gasteiger partial charge in [0.2, 0.25) is 0 Å². The van der Waals surface area contributed by atoms with Gasteiger partial charge in [-0.15, -0.1) is 0 Å². The Bertz CT molecular complexity index is 951. The van der Waals surface area contributed by atoms with Crippen molar-refractivity contribution in [2.24, 2.45) is 5.92 Å². The average molecular weight is 328 g/mol. The molecule has 3 nitrogen and oxygen atoms in total. The van der Waals surface area contributed by atoms with Crippen molar-refractivity contribution in [3.8, 4) is 22.9 Å². The molecule has 1 aliphatic rings. The Hall–Kier alpha value is -2.86. The van der Waals surface area contributed by atoms with Gasteiger partial charge in [-0.05, 0) is 36.1 Å². The summed E-state index contributed by atoms with van der Waals surface area (Å²) in [5.41, 5.74) is 4.26. The minimum Gasteiger partial charge on any atom is -0.508 e. The van der Waals surface area contributed by atoms with Crippen LogP contribution in [0.2, 0.25) is 0 Å². The summed E-state index contributed by atoms with van der Waals surface area (Å²) in [5.74, 6) is 0.816. The van der Waals surface area contributed by atoms with Crippen LogP contribution in [0.1, 0.15) is 36.9 Å². The normalized spacial score (nSPS) is 14.7. The lowest BCUT2D eigenvalue weighted by Gasteiger charge is -2.16. The molecular weight excluding hydrogens is 308 g/mol. The van der Waals surface area contributed by atoms with Gasteiger partial charge in [-0.25, -0.2) is 0 Å². The average Bonchev–Trinajstić information content (AvgIpc) is 3.14. The molecule has 0 spiro atoms. The lowest BCUT2D eigenvalue weighted by molar-refractivity contribution is 0.476. The molecule has 0 bridgehead atoms. The third kappa shape index (κ3) is 2.96. The van der Waals surface area contributed by atoms with Gasteiger partial charge in [0, 0.05) is 10.9 Å². The Balaban J connectivity index is 1.97. The summed E-state index contributed by atoms with van der Waals surface area (Å²) in [7, 11) is 0. The fourth-order valence-corrected chi connectivity index (χ4v) is 3.96. The first-order chi connectivity index (χ1) is 12.3. The summed E-state index contributed by atoms with van der Waals surface area (Å²) in [6.45, 7) is 0. The summed E-state index contributed by atoms with van der Waals surface area (Å²) in [5, 5.41) is 20.7. The van der Waals surface area contributed by atoms with Gasteiger partial charge in [0.25, 0.3) is 0 Å². The highest BCUT2D eigenvalue weighted by Crippen LogP contribution is 2.36. The number of nitriles is 1. The standard InChI is InChI=1S/C22H20N2O/c23-14-19-21(12-15-6-4-5-7-15)24-20-11-10-17(25)13-18(20)22(19)16-8-2-1-3-9-16/h1-3,8-11,13,15,25H,4-7,12H2. The molecule has 4 rings (SSSR count). The number of rotatable bonds is 3. The number of hydrogen-bond donors (Lipinski definition) is 1. The molecule has 1 aromatic heterocycles. The Kier molecular flexibility index (Phi) is 4.11. The summed E-state index contributed by atoms with van der Waals surface area (Å²) in [6, 6.07) is 17.6. The van der Waals surface area contributed by atoms with Gasteiger partial charge < -0.3 is 5.11 Å². The van der Waals surface area contributed by atoms with E-state index in [0.29, 0.717) is 11.5 Å². The topological polar surface area (TPSA) is 56.9 Å². The first kappa shape index (κ1) is 15.7. The summed E-state index contributed by atoms with van der Waals surface area (Å²) in [4.78, 5) is 4.80. The molecule has 0 aliphatic heterocycles. The van der Waals surface area contributed by atoms with Gasteiger partial charge in [-0.1, -0.05) is 56.0 Å². The second kappa shape index (κ2) is 6.57. The van der Waals surface area contributed by atoms with Gasteiger partial charge in [0.1, 0.15) is 11.8 Å². The lowest BCUT2D eigenvalue weighted by atomic mass is 9.91. The monoisotopic (exact) mass is 328 g/mol. The van der Waals surface area contributed by atoms with Crippen LogP contribution in [0.4, 0.5) is 0 Å². The maximum absolute atomic E-state index is 9.95. The summed E-state index contributed by atoms with van der Waals surface area (Å²) < 4.78 is 0. The van der Waals surface area contributed by atoms with Crippen molar-refractivity contribution >= 4 is 10.9 Å². The highest BCUT2D eigenvalue weighted by Gasteiger charge is 2.22. The zero-order valence-corrected chi connectivity index (χ0v) is 14.1. The Morgan fingerprint density at radius 3 is 2.56 bits per heavy atom. The van der Waals surface area contributed by atoms with E-state index >= 15 is 0 Å². The largest absolute Gasteiger partial charge is 0.508 e. The smallest absolute Gasteiger partial charge is 0.116 e. The van der Waals surface area contributed by atoms with Crippen LogP contribution in [0.3, 0.4) is 0 Å². The van der Waals surface area contributed by atoms with E-state index < -0.39 is 0 Å². The maximum Gasteiger partial charge on any atom is 0.116 e. The fourth-order valence-electron chi connectivity index (χ4n) is 3.96. The van der Waals surface area contributed by atoms with Crippen molar-refractivity contribution in [1.82, 2.24) is 4.98 Å². The van der Waals surface area contributed by atoms with Crippen molar-refractivity contribution in [1.29, 1.82) is 5.26 Å². The third-order valence-electron chi connectivity index (χ3n) is 5.17. The van der Waals surface area contributed by atoms with Crippen LogP contribution < -0.4 is 0 Å². The summed E-state index contributed by atoms with van der Waals surface area (Å²) in [6.07, 6.45) is 5.86. The molecule has 2 aromatic carbocycles. The minimum absolute atomic E-state index is 0.193. The van der Waals surface area contributed by atoms with Gasteiger partial charge in [0.15, 0.2) is 0 Å². The van der Waals surface area contributed by atoms with Crippen molar-refractivity contribution in [3.05, 3.63) is 59.8 Å². The van der Waals surface area contributed by atoms with E-state index in [1.165, 1.54) is 25.7 Å². The number of pyridine rings is 1. The predicted molar refractivity (Wildman–Crippen MR) is 99.2 cm³/mol. The van der Waals surface area contributed by atoms with Crippen LogP contribution in [-0.4, -0.2) is 10.1 Å². The Morgan fingerprint density at radius 2 is 1.84 bits per heavy atom. The summed E-state index contributed by atoms with van der Waals surface area (Å²) >= 11 is 0. The van der Waals surface area contributed by atoms with E-state index in [-0.39, 0.29) is 5.75 Å². The number of aromatic nitrogens is 1. The van der Waals surface area contributed by atoms with Crippen LogP contribution >= 0.6 is 0 Å². The van der Waals surface area contributed by atoms with E-state index in [4.69, 9.17) is 4.98 Å². The number of nitrogens with zero attached hydrogens (tertiary/aromatic N) is 2. The molecular formula is C22H20N2O. The van der Waals surface area contributed by atoms with Gasteiger partial charge >= 0.3 is 0 Å². The number of aromatic hydroxyl groups is 1. The zero-order chi connectivity index (χ0) is 17.2. The molecule has 0 amide bonds. The van der Waals surface area contributed by atoms with Crippen molar-refractivity contribution in [2.75, 3.05) is 0 Å². The molecule has 0 saturated heterocycles. The van der Waals surface area contributed by atoms with Crippen LogP contribution in [0.5, 0.6) is 5.75 Å². The van der Waals surface area contributed by atoms with Crippen molar-refractivity contribution in [2.45, 2.75) is 32.1 Å². The van der Waals surface area contributed by atoms with E-state index in [1.54, 1.807) is 12.1 Å². The minimum atomic E-state index is 0.193. The molecule has 1 heterocycles. The maximum atomic E-state index is 9.95. The quantitative estimate of drug-likeness (QED) is 0.718. The molecule has 0 unspecified atom stereocenters. The van der Waals surface area contributed by atoms with Gasteiger partial charge in [-0.3, -0.25) is 4.98 Å². The number of benzene rings is 2. The number of hydrogen-bond acceptors (Lipinski definition) is 3. The molecule has 1 N–H and O–H groups in total. The first-order valence-electron chi connectivity index (χ1n) is 8.87. The number of phenols is 1. The molecule has 0 radical (unpaired) electrons. The van der Waals surface area contributed by atoms with Crippen molar-refractivity contribution < 1.29 is 5.11 Å². The van der Waals surface area contributed by atoms with E-state index in [9.17, 15) is 10.4 Å². The van der Waals surface area contributed by atoms with E-state index in [1.807, 2.05) is 36.4 Å². The first-order valence-corrected chi connectivity index (χ1v) is 8.87. The lowest BCUT2D eigenvalue weighted by Crippen LogP contribution is -2.06. The number of fused-ring (bicyclic) bond motifs is 1. The third-order valence-corrected chi connectivity index (χ3v) is 5.17. The number of phenolic OH excluding ortho intramolecular Hbond substituents is 1. The highest BCUT2D eigenvalue weighted by atomic mass is 16.3. The molecule has 3 heteroatoms. The highest BCUT2D eigenvalue weighted by molar-refractivity contribution is 5.98. The zero-order valence-electron chi connectivity index (χ0n) is 14.1. The molecule has 25 heavy (non-hydrogen) atoms. The van der Waals surface area contributed by atoms with Crippen LogP contribution in [0, 0.1) is 17.2 Å². The van der Waals surface area contributed by atoms with Gasteiger partial charge in [-0.2, -0.15) is 5.26 Å². The predicted octanol–water partition coefficient (Wildman–Crippen LogP) is 5.21. The van der Waals surface area contributed by atoms with Crippen molar-refractivity contribution in [3.63, 3.8) is 0 Å². The second-order valence-electron chi connectivity index (χ2n) is 6.84. The second-order valence-corrected chi connectivity index (χ2v) is 6.84. The van der Waals surface area contributed by atoms with Gasteiger partial charge in [0.05, 0.1) is 16.8 Å². The molecule has 124 valence electrons. The van der Waals surface area contributed by atoms with Crippen LogP contribution in [0.25, 0.3) is 22.0 Å². The molecule has 3 aromatic rings.